The van der Waals surface area contributed by atoms with Crippen LogP contribution in [0.15, 0.2) is 48.5 Å². The van der Waals surface area contributed by atoms with Gasteiger partial charge in [-0.05, 0) is 31.5 Å². The highest BCUT2D eigenvalue weighted by atomic mass is 16.5. The van der Waals surface area contributed by atoms with Gasteiger partial charge in [-0.15, -0.1) is 0 Å². The third kappa shape index (κ3) is 6.58. The first kappa shape index (κ1) is 20.2. The minimum Gasteiger partial charge on any atom is -0.482 e. The summed E-state index contributed by atoms with van der Waals surface area (Å²) >= 11 is 0. The lowest BCUT2D eigenvalue weighted by atomic mass is 10.0. The van der Waals surface area contributed by atoms with Gasteiger partial charge in [-0.3, -0.25) is 9.59 Å². The van der Waals surface area contributed by atoms with Crippen LogP contribution < -0.4 is 10.1 Å². The number of Topliss-reactive ketones (excluding diaryl/α,β-unsaturated/α-hetero) is 1. The third-order valence-corrected chi connectivity index (χ3v) is 4.07. The van der Waals surface area contributed by atoms with Gasteiger partial charge < -0.3 is 15.2 Å². The van der Waals surface area contributed by atoms with Gasteiger partial charge in [0.1, 0.15) is 5.75 Å². The number of ether oxygens (including phenoxy) is 1. The van der Waals surface area contributed by atoms with Gasteiger partial charge in [0, 0.05) is 18.4 Å². The average molecular weight is 369 g/mol. The molecule has 27 heavy (non-hydrogen) atoms. The number of aliphatic carboxylic acids is 1. The number of carboxylic acid groups (broad SMARTS) is 1. The molecule has 0 saturated carbocycles. The molecule has 2 N–H and O–H groups in total. The molecule has 0 aliphatic rings. The van der Waals surface area contributed by atoms with Crippen LogP contribution >= 0.6 is 0 Å². The predicted molar refractivity (Wildman–Crippen MR) is 101 cm³/mol. The molecule has 0 spiro atoms. The normalized spacial score (nSPS) is 11.5. The fraction of sp³-hybridized carbons (Fsp3) is 0.286. The second-order valence-corrected chi connectivity index (χ2v) is 6.33. The van der Waals surface area contributed by atoms with Crippen molar-refractivity contribution >= 4 is 17.7 Å². The fourth-order valence-corrected chi connectivity index (χ4v) is 2.51. The van der Waals surface area contributed by atoms with Crippen LogP contribution in [-0.4, -0.2) is 29.4 Å². The molecular formula is C21H23NO5. The second-order valence-electron chi connectivity index (χ2n) is 6.33. The van der Waals surface area contributed by atoms with Crippen molar-refractivity contribution in [2.24, 2.45) is 0 Å². The van der Waals surface area contributed by atoms with Crippen molar-refractivity contribution < 1.29 is 24.2 Å². The molecule has 0 heterocycles. The molecule has 6 heteroatoms. The van der Waals surface area contributed by atoms with Gasteiger partial charge in [-0.2, -0.15) is 0 Å². The molecule has 0 bridgehead atoms. The van der Waals surface area contributed by atoms with Crippen LogP contribution in [-0.2, 0) is 9.59 Å². The van der Waals surface area contributed by atoms with E-state index in [-0.39, 0.29) is 30.6 Å². The maximum Gasteiger partial charge on any atom is 0.341 e. The lowest BCUT2D eigenvalue weighted by Gasteiger charge is -2.15. The van der Waals surface area contributed by atoms with Crippen molar-refractivity contribution in [3.05, 3.63) is 65.2 Å². The number of carbonyl (C=O) groups excluding carboxylic acids is 2. The predicted octanol–water partition coefficient (Wildman–Crippen LogP) is 3.30. The van der Waals surface area contributed by atoms with E-state index in [0.29, 0.717) is 11.3 Å². The van der Waals surface area contributed by atoms with E-state index in [9.17, 15) is 14.4 Å². The lowest BCUT2D eigenvalue weighted by Crippen LogP contribution is -2.26. The summed E-state index contributed by atoms with van der Waals surface area (Å²) in [4.78, 5) is 34.7. The Morgan fingerprint density at radius 1 is 1.00 bits per heavy atom. The molecule has 2 rings (SSSR count). The minimum absolute atomic E-state index is 0.0577. The Kier molecular flexibility index (Phi) is 7.11. The van der Waals surface area contributed by atoms with E-state index in [2.05, 4.69) is 5.32 Å². The van der Waals surface area contributed by atoms with Crippen LogP contribution in [0.4, 0.5) is 0 Å². The zero-order valence-electron chi connectivity index (χ0n) is 15.4. The van der Waals surface area contributed by atoms with Crippen LogP contribution in [0, 0.1) is 6.92 Å². The number of carbonyl (C=O) groups is 3. The highest BCUT2D eigenvalue weighted by molar-refractivity contribution is 5.98. The topological polar surface area (TPSA) is 92.7 Å². The molecule has 0 saturated heterocycles. The Balaban J connectivity index is 1.81. The molecule has 0 aliphatic carbocycles. The van der Waals surface area contributed by atoms with Crippen LogP contribution in [0.25, 0.3) is 0 Å². The monoisotopic (exact) mass is 369 g/mol. The molecule has 0 aromatic heterocycles. The summed E-state index contributed by atoms with van der Waals surface area (Å²) in [6.07, 6.45) is 0.278. The first-order valence-electron chi connectivity index (χ1n) is 8.69. The standard InChI is InChI=1S/C21H23NO5/c1-14-3-5-17(6-4-14)19(23)11-12-20(24)22-15(2)16-7-9-18(10-8-16)27-13-21(25)26/h3-10,15H,11-13H2,1-2H3,(H,22,24)(H,25,26). The number of carboxylic acids is 1. The number of nitrogens with one attached hydrogen (secondary N) is 1. The number of rotatable bonds is 9. The number of ketones is 1. The van der Waals surface area contributed by atoms with Gasteiger partial charge in [-0.25, -0.2) is 4.79 Å². The van der Waals surface area contributed by atoms with Gasteiger partial charge in [0.15, 0.2) is 12.4 Å². The highest BCUT2D eigenvalue weighted by Gasteiger charge is 2.13. The average Bonchev–Trinajstić information content (AvgIpc) is 2.65. The van der Waals surface area contributed by atoms with E-state index in [0.717, 1.165) is 11.1 Å². The molecule has 0 radical (unpaired) electrons. The van der Waals surface area contributed by atoms with Gasteiger partial charge in [0.25, 0.3) is 0 Å². The van der Waals surface area contributed by atoms with Crippen LogP contribution in [0.5, 0.6) is 5.75 Å². The Bertz CT molecular complexity index is 796. The van der Waals surface area contributed by atoms with Crippen molar-refractivity contribution in [2.75, 3.05) is 6.61 Å². The lowest BCUT2D eigenvalue weighted by molar-refractivity contribution is -0.139. The zero-order valence-corrected chi connectivity index (χ0v) is 15.4. The van der Waals surface area contributed by atoms with Gasteiger partial charge >= 0.3 is 5.97 Å². The molecule has 0 fully saturated rings. The number of amides is 1. The quantitative estimate of drug-likeness (QED) is 0.662. The smallest absolute Gasteiger partial charge is 0.341 e. The molecule has 1 unspecified atom stereocenters. The van der Waals surface area contributed by atoms with Crippen molar-refractivity contribution in [2.45, 2.75) is 32.7 Å². The van der Waals surface area contributed by atoms with E-state index in [1.807, 2.05) is 26.0 Å². The van der Waals surface area contributed by atoms with Crippen molar-refractivity contribution in [1.29, 1.82) is 0 Å². The van der Waals surface area contributed by atoms with E-state index in [1.54, 1.807) is 36.4 Å². The summed E-state index contributed by atoms with van der Waals surface area (Å²) in [5.74, 6) is -0.852. The summed E-state index contributed by atoms with van der Waals surface area (Å²) in [6, 6.07) is 13.9. The summed E-state index contributed by atoms with van der Waals surface area (Å²) in [5, 5.41) is 11.5. The molecule has 142 valence electrons. The molecule has 1 atom stereocenters. The number of hydrogen-bond donors (Lipinski definition) is 2. The summed E-state index contributed by atoms with van der Waals surface area (Å²) < 4.78 is 5.07. The molecular weight excluding hydrogens is 346 g/mol. The van der Waals surface area contributed by atoms with Crippen molar-refractivity contribution in [3.63, 3.8) is 0 Å². The first-order valence-corrected chi connectivity index (χ1v) is 8.69. The molecule has 6 nitrogen and oxygen atoms in total. The van der Waals surface area contributed by atoms with E-state index >= 15 is 0 Å². The van der Waals surface area contributed by atoms with Crippen molar-refractivity contribution in [1.82, 2.24) is 5.32 Å². The van der Waals surface area contributed by atoms with E-state index in [4.69, 9.17) is 9.84 Å². The van der Waals surface area contributed by atoms with Crippen LogP contribution in [0.1, 0.15) is 47.3 Å². The molecule has 2 aromatic carbocycles. The van der Waals surface area contributed by atoms with Gasteiger partial charge in [0.2, 0.25) is 5.91 Å². The largest absolute Gasteiger partial charge is 0.482 e. The fourth-order valence-electron chi connectivity index (χ4n) is 2.51. The molecule has 1 amide bonds. The van der Waals surface area contributed by atoms with Crippen molar-refractivity contribution in [3.8, 4) is 5.75 Å². The number of benzene rings is 2. The van der Waals surface area contributed by atoms with Crippen LogP contribution in [0.2, 0.25) is 0 Å². The van der Waals surface area contributed by atoms with E-state index in [1.165, 1.54) is 0 Å². The highest BCUT2D eigenvalue weighted by Crippen LogP contribution is 2.18. The maximum absolute atomic E-state index is 12.1. The SMILES string of the molecule is Cc1ccc(C(=O)CCC(=O)NC(C)c2ccc(OCC(=O)O)cc2)cc1. The van der Waals surface area contributed by atoms with Gasteiger partial charge in [-0.1, -0.05) is 42.0 Å². The second kappa shape index (κ2) is 9.52. The zero-order chi connectivity index (χ0) is 19.8. The Labute approximate surface area is 158 Å². The summed E-state index contributed by atoms with van der Waals surface area (Å²) in [6.45, 7) is 3.39. The third-order valence-electron chi connectivity index (χ3n) is 4.07. The first-order chi connectivity index (χ1) is 12.8. The van der Waals surface area contributed by atoms with E-state index < -0.39 is 12.6 Å². The van der Waals surface area contributed by atoms with Gasteiger partial charge in [0.05, 0.1) is 6.04 Å². The minimum atomic E-state index is -1.04. The Hall–Kier alpha value is -3.15. The molecule has 0 aliphatic heterocycles. The van der Waals surface area contributed by atoms with Crippen LogP contribution in [0.3, 0.4) is 0 Å². The Morgan fingerprint density at radius 3 is 2.22 bits per heavy atom. The maximum atomic E-state index is 12.1. The summed E-state index contributed by atoms with van der Waals surface area (Å²) in [7, 11) is 0. The number of hydrogen-bond acceptors (Lipinski definition) is 4. The Morgan fingerprint density at radius 2 is 1.63 bits per heavy atom. The summed E-state index contributed by atoms with van der Waals surface area (Å²) in [5.41, 5.74) is 2.55. The molecule has 2 aromatic rings. The number of aryl methyl sites for hydroxylation is 1.